The predicted octanol–water partition coefficient (Wildman–Crippen LogP) is 2.67. The van der Waals surface area contributed by atoms with Crippen molar-refractivity contribution in [3.63, 3.8) is 0 Å². The van der Waals surface area contributed by atoms with Crippen LogP contribution in [-0.4, -0.2) is 29.6 Å². The molecule has 0 unspecified atom stereocenters. The molecule has 118 valence electrons. The van der Waals surface area contributed by atoms with Crippen molar-refractivity contribution in [3.05, 3.63) is 34.9 Å². The number of carbonyl (C=O) groups excluding carboxylic acids is 1. The van der Waals surface area contributed by atoms with Crippen LogP contribution in [0.25, 0.3) is 0 Å². The average molecular weight is 315 g/mol. The van der Waals surface area contributed by atoms with Crippen LogP contribution < -0.4 is 0 Å². The van der Waals surface area contributed by atoms with Crippen LogP contribution in [0.5, 0.6) is 0 Å². The SMILES string of the molecule is CN(Cc1cc(C(F)(F)F)cc(C(F)(F)F)c1)C(=O)CO. The van der Waals surface area contributed by atoms with E-state index < -0.39 is 42.5 Å². The van der Waals surface area contributed by atoms with E-state index in [9.17, 15) is 31.1 Å². The molecule has 0 heterocycles. The van der Waals surface area contributed by atoms with Gasteiger partial charge in [0.15, 0.2) is 0 Å². The van der Waals surface area contributed by atoms with Crippen LogP contribution in [-0.2, 0) is 23.7 Å². The van der Waals surface area contributed by atoms with Gasteiger partial charge in [-0.2, -0.15) is 26.3 Å². The van der Waals surface area contributed by atoms with Crippen LogP contribution in [0.2, 0.25) is 0 Å². The maximum Gasteiger partial charge on any atom is 0.416 e. The summed E-state index contributed by atoms with van der Waals surface area (Å²) >= 11 is 0. The lowest BCUT2D eigenvalue weighted by Gasteiger charge is -2.19. The Morgan fingerprint density at radius 1 is 1.05 bits per heavy atom. The predicted molar refractivity (Wildman–Crippen MR) is 60.0 cm³/mol. The van der Waals surface area contributed by atoms with Crippen molar-refractivity contribution in [2.75, 3.05) is 13.7 Å². The van der Waals surface area contributed by atoms with Crippen LogP contribution in [0.4, 0.5) is 26.3 Å². The number of benzene rings is 1. The lowest BCUT2D eigenvalue weighted by molar-refractivity contribution is -0.143. The van der Waals surface area contributed by atoms with Gasteiger partial charge in [-0.25, -0.2) is 0 Å². The van der Waals surface area contributed by atoms with Gasteiger partial charge in [0.1, 0.15) is 6.61 Å². The summed E-state index contributed by atoms with van der Waals surface area (Å²) in [6.45, 7) is -1.37. The number of halogens is 6. The second kappa shape index (κ2) is 5.92. The van der Waals surface area contributed by atoms with E-state index >= 15 is 0 Å². The second-order valence-electron chi connectivity index (χ2n) is 4.32. The molecule has 0 aliphatic rings. The molecule has 0 atom stereocenters. The molecule has 1 aromatic rings. The molecule has 0 fully saturated rings. The van der Waals surface area contributed by atoms with Crippen molar-refractivity contribution >= 4 is 5.91 Å². The van der Waals surface area contributed by atoms with Gasteiger partial charge in [-0.15, -0.1) is 0 Å². The number of alkyl halides is 6. The van der Waals surface area contributed by atoms with Gasteiger partial charge in [0.2, 0.25) is 5.91 Å². The fourth-order valence-electron chi connectivity index (χ4n) is 1.59. The van der Waals surface area contributed by atoms with Crippen molar-refractivity contribution in [2.45, 2.75) is 18.9 Å². The number of amides is 1. The number of carbonyl (C=O) groups is 1. The maximum atomic E-state index is 12.6. The van der Waals surface area contributed by atoms with Crippen molar-refractivity contribution in [1.29, 1.82) is 0 Å². The molecule has 1 aromatic carbocycles. The Hall–Kier alpha value is -1.77. The van der Waals surface area contributed by atoms with Gasteiger partial charge in [0.25, 0.3) is 0 Å². The molecule has 0 spiro atoms. The van der Waals surface area contributed by atoms with Crippen LogP contribution in [0, 0.1) is 0 Å². The van der Waals surface area contributed by atoms with Gasteiger partial charge in [-0.1, -0.05) is 0 Å². The topological polar surface area (TPSA) is 40.5 Å². The lowest BCUT2D eigenvalue weighted by atomic mass is 10.0. The quantitative estimate of drug-likeness (QED) is 0.871. The first-order chi connectivity index (χ1) is 9.45. The molecular formula is C12H11F6NO2. The number of aliphatic hydroxyl groups excluding tert-OH is 1. The monoisotopic (exact) mass is 315 g/mol. The lowest BCUT2D eigenvalue weighted by Crippen LogP contribution is -2.29. The minimum atomic E-state index is -4.93. The summed E-state index contributed by atoms with van der Waals surface area (Å²) in [5, 5.41) is 8.60. The Morgan fingerprint density at radius 2 is 1.48 bits per heavy atom. The first-order valence-corrected chi connectivity index (χ1v) is 5.58. The molecule has 0 aromatic heterocycles. The first kappa shape index (κ1) is 17.3. The van der Waals surface area contributed by atoms with Crippen molar-refractivity contribution in [1.82, 2.24) is 4.90 Å². The smallest absolute Gasteiger partial charge is 0.387 e. The summed E-state index contributed by atoms with van der Waals surface area (Å²) in [6, 6.07) is 1.09. The van der Waals surface area contributed by atoms with Gasteiger partial charge >= 0.3 is 12.4 Å². The third-order valence-corrected chi connectivity index (χ3v) is 2.63. The van der Waals surface area contributed by atoms with Crippen LogP contribution in [0.3, 0.4) is 0 Å². The van der Waals surface area contributed by atoms with Crippen molar-refractivity contribution in [3.8, 4) is 0 Å². The Bertz CT molecular complexity index is 491. The summed E-state index contributed by atoms with van der Waals surface area (Å²) in [7, 11) is 1.16. The highest BCUT2D eigenvalue weighted by molar-refractivity contribution is 5.76. The van der Waals surface area contributed by atoms with E-state index in [2.05, 4.69) is 0 Å². The van der Waals surface area contributed by atoms with Crippen LogP contribution in [0.1, 0.15) is 16.7 Å². The zero-order chi connectivity index (χ0) is 16.4. The van der Waals surface area contributed by atoms with Gasteiger partial charge in [-0.05, 0) is 23.8 Å². The molecule has 0 saturated carbocycles. The molecule has 1 N–H and O–H groups in total. The Kier molecular flexibility index (Phi) is 4.87. The number of nitrogens with zero attached hydrogens (tertiary/aromatic N) is 1. The molecule has 1 amide bonds. The summed E-state index contributed by atoms with van der Waals surface area (Å²) in [5.74, 6) is -0.819. The van der Waals surface area contributed by atoms with E-state index in [0.29, 0.717) is 12.1 Å². The van der Waals surface area contributed by atoms with Gasteiger partial charge < -0.3 is 10.0 Å². The van der Waals surface area contributed by atoms with Crippen molar-refractivity contribution in [2.24, 2.45) is 0 Å². The van der Waals surface area contributed by atoms with E-state index in [4.69, 9.17) is 5.11 Å². The maximum absolute atomic E-state index is 12.6. The molecule has 0 radical (unpaired) electrons. The van der Waals surface area contributed by atoms with E-state index in [1.54, 1.807) is 0 Å². The van der Waals surface area contributed by atoms with Gasteiger partial charge in [0.05, 0.1) is 11.1 Å². The van der Waals surface area contributed by atoms with E-state index in [1.807, 2.05) is 0 Å². The molecule has 0 aliphatic heterocycles. The molecule has 1 rings (SSSR count). The Balaban J connectivity index is 3.23. The molecule has 3 nitrogen and oxygen atoms in total. The minimum absolute atomic E-state index is 0.0113. The zero-order valence-electron chi connectivity index (χ0n) is 10.7. The average Bonchev–Trinajstić information content (AvgIpc) is 2.35. The third kappa shape index (κ3) is 4.62. The number of likely N-dealkylation sites (N-methyl/N-ethyl adjacent to an activating group) is 1. The van der Waals surface area contributed by atoms with Crippen LogP contribution >= 0.6 is 0 Å². The summed E-state index contributed by atoms with van der Waals surface area (Å²) in [6.07, 6.45) is -9.87. The highest BCUT2D eigenvalue weighted by Crippen LogP contribution is 2.36. The zero-order valence-corrected chi connectivity index (χ0v) is 10.7. The second-order valence-corrected chi connectivity index (χ2v) is 4.32. The van der Waals surface area contributed by atoms with E-state index in [1.165, 1.54) is 0 Å². The normalized spacial score (nSPS) is 12.4. The fourth-order valence-corrected chi connectivity index (χ4v) is 1.59. The molecule has 0 aliphatic carbocycles. The number of hydrogen-bond acceptors (Lipinski definition) is 2. The minimum Gasteiger partial charge on any atom is -0.387 e. The highest BCUT2D eigenvalue weighted by Gasteiger charge is 2.36. The number of aliphatic hydroxyl groups is 1. The summed E-state index contributed by atoms with van der Waals surface area (Å²) in [5.41, 5.74) is -3.23. The van der Waals surface area contributed by atoms with Gasteiger partial charge in [-0.3, -0.25) is 4.79 Å². The number of hydrogen-bond donors (Lipinski definition) is 1. The molecular weight excluding hydrogens is 304 g/mol. The first-order valence-electron chi connectivity index (χ1n) is 5.58. The molecule has 9 heteroatoms. The van der Waals surface area contributed by atoms with Gasteiger partial charge in [0, 0.05) is 13.6 Å². The van der Waals surface area contributed by atoms with Crippen LogP contribution in [0.15, 0.2) is 18.2 Å². The summed E-state index contributed by atoms with van der Waals surface area (Å²) < 4.78 is 75.7. The highest BCUT2D eigenvalue weighted by atomic mass is 19.4. The standard InChI is InChI=1S/C12H11F6NO2/c1-19(10(21)6-20)5-7-2-8(11(13,14)15)4-9(3-7)12(16,17)18/h2-4,20H,5-6H2,1H3. The van der Waals surface area contributed by atoms with E-state index in [0.717, 1.165) is 11.9 Å². The van der Waals surface area contributed by atoms with Crippen molar-refractivity contribution < 1.29 is 36.2 Å². The third-order valence-electron chi connectivity index (χ3n) is 2.63. The summed E-state index contributed by atoms with van der Waals surface area (Å²) in [4.78, 5) is 11.9. The molecule has 21 heavy (non-hydrogen) atoms. The molecule has 0 saturated heterocycles. The Morgan fingerprint density at radius 3 is 1.81 bits per heavy atom. The molecule has 0 bridgehead atoms. The van der Waals surface area contributed by atoms with E-state index in [-0.39, 0.29) is 11.6 Å². The Labute approximate surface area is 115 Å². The fraction of sp³-hybridized carbons (Fsp3) is 0.417. The number of rotatable bonds is 3. The largest absolute Gasteiger partial charge is 0.416 e.